The highest BCUT2D eigenvalue weighted by molar-refractivity contribution is 5.93. The van der Waals surface area contributed by atoms with Gasteiger partial charge in [-0.2, -0.15) is 0 Å². The maximum atomic E-state index is 12.6. The summed E-state index contributed by atoms with van der Waals surface area (Å²) in [5, 5.41) is 8.96. The molecule has 2 aromatic heterocycles. The van der Waals surface area contributed by atoms with E-state index in [-0.39, 0.29) is 30.6 Å². The number of carbonyl (C=O) groups is 2. The highest BCUT2D eigenvalue weighted by atomic mass is 16.8. The number of fused-ring (bicyclic) bond motifs is 5. The second kappa shape index (κ2) is 13.6. The third kappa shape index (κ3) is 7.01. The summed E-state index contributed by atoms with van der Waals surface area (Å²) in [7, 11) is 0. The van der Waals surface area contributed by atoms with Gasteiger partial charge in [0.1, 0.15) is 36.8 Å². The maximum absolute atomic E-state index is 12.6. The number of nitrogens with zero attached hydrogens (tertiary/aromatic N) is 4. The Balaban J connectivity index is 0.905. The molecule has 2 saturated heterocycles. The van der Waals surface area contributed by atoms with E-state index in [4.69, 9.17) is 23.7 Å². The summed E-state index contributed by atoms with van der Waals surface area (Å²) in [6.45, 7) is 11.0. The van der Waals surface area contributed by atoms with Crippen LogP contribution in [-0.4, -0.2) is 87.6 Å². The van der Waals surface area contributed by atoms with Crippen LogP contribution < -0.4 is 16.0 Å². The van der Waals surface area contributed by atoms with Crippen LogP contribution in [0.1, 0.15) is 64.3 Å². The lowest BCUT2D eigenvalue weighted by atomic mass is 9.98. The van der Waals surface area contributed by atoms with Crippen LogP contribution in [0.4, 0.5) is 15.4 Å². The summed E-state index contributed by atoms with van der Waals surface area (Å²) in [4.78, 5) is 38.1. The highest BCUT2D eigenvalue weighted by Crippen LogP contribution is 2.45. The van der Waals surface area contributed by atoms with Gasteiger partial charge in [-0.15, -0.1) is 0 Å². The van der Waals surface area contributed by atoms with Gasteiger partial charge in [-0.1, -0.05) is 48.5 Å². The van der Waals surface area contributed by atoms with Crippen LogP contribution in [-0.2, 0) is 23.7 Å². The Kier molecular flexibility index (Phi) is 9.20. The fraction of sp³-hybridized carbons (Fsp3) is 0.472. The molecule has 3 aliphatic rings. The molecular formula is C36H43N7O7. The molecule has 2 amide bonds. The summed E-state index contributed by atoms with van der Waals surface area (Å²) >= 11 is 0. The Bertz CT molecular complexity index is 1830. The molecule has 14 nitrogen and oxygen atoms in total. The molecule has 4 atom stereocenters. The number of alkyl carbamates (subject to hydrolysis) is 1. The van der Waals surface area contributed by atoms with Crippen LogP contribution in [0.5, 0.6) is 0 Å². The van der Waals surface area contributed by atoms with E-state index < -0.39 is 35.9 Å². The fourth-order valence-electron chi connectivity index (χ4n) is 6.87. The molecule has 4 heterocycles. The minimum absolute atomic E-state index is 0.0179. The predicted octanol–water partition coefficient (Wildman–Crippen LogP) is 5.11. The lowest BCUT2D eigenvalue weighted by molar-refractivity contribution is -0.195. The van der Waals surface area contributed by atoms with Crippen LogP contribution in [0.2, 0.25) is 0 Å². The zero-order chi connectivity index (χ0) is 35.0. The number of rotatable bonds is 10. The first-order chi connectivity index (χ1) is 24.0. The number of hydrogen-bond acceptors (Lipinski definition) is 11. The molecule has 0 radical (unpaired) electrons. The van der Waals surface area contributed by atoms with E-state index in [0.717, 1.165) is 0 Å². The van der Waals surface area contributed by atoms with Crippen molar-refractivity contribution in [2.24, 2.45) is 0 Å². The van der Waals surface area contributed by atoms with Crippen LogP contribution in [0.3, 0.4) is 0 Å². The lowest BCUT2D eigenvalue weighted by Gasteiger charge is -2.25. The van der Waals surface area contributed by atoms with E-state index >= 15 is 0 Å². The van der Waals surface area contributed by atoms with Gasteiger partial charge in [-0.3, -0.25) is 9.88 Å². The molecule has 2 aliphatic heterocycles. The van der Waals surface area contributed by atoms with Crippen molar-refractivity contribution < 1.29 is 33.3 Å². The van der Waals surface area contributed by atoms with E-state index in [0.29, 0.717) is 37.2 Å². The van der Waals surface area contributed by atoms with Crippen LogP contribution in [0.25, 0.3) is 22.3 Å². The molecule has 4 aromatic rings. The van der Waals surface area contributed by atoms with Gasteiger partial charge in [0.15, 0.2) is 29.0 Å². The average molecular weight is 686 g/mol. The minimum atomic E-state index is -0.808. The normalized spacial score (nSPS) is 22.2. The number of anilines is 1. The molecule has 0 spiro atoms. The monoisotopic (exact) mass is 685 g/mol. The van der Waals surface area contributed by atoms with Gasteiger partial charge in [0.2, 0.25) is 0 Å². The topological polar surface area (TPSA) is 160 Å². The maximum Gasteiger partial charge on any atom is 0.413 e. The molecule has 0 saturated carbocycles. The number of aromatic nitrogens is 4. The third-order valence-electron chi connectivity index (χ3n) is 8.87. The molecule has 7 rings (SSSR count). The van der Waals surface area contributed by atoms with Gasteiger partial charge in [-0.05, 0) is 69.8 Å². The Hall–Kier alpha value is -4.63. The first-order valence-electron chi connectivity index (χ1n) is 17.0. The molecular weight excluding hydrogens is 642 g/mol. The molecule has 1 aliphatic carbocycles. The average Bonchev–Trinajstić information content (AvgIpc) is 3.80. The van der Waals surface area contributed by atoms with Gasteiger partial charge >= 0.3 is 12.2 Å². The van der Waals surface area contributed by atoms with Crippen molar-refractivity contribution in [3.8, 4) is 11.1 Å². The van der Waals surface area contributed by atoms with E-state index in [1.165, 1.54) is 28.6 Å². The predicted molar refractivity (Wildman–Crippen MR) is 183 cm³/mol. The number of carbonyl (C=O) groups excluding carboxylic acids is 2. The second-order valence-corrected chi connectivity index (χ2v) is 14.1. The summed E-state index contributed by atoms with van der Waals surface area (Å²) < 4.78 is 31.8. The van der Waals surface area contributed by atoms with Crippen LogP contribution >= 0.6 is 0 Å². The van der Waals surface area contributed by atoms with E-state index in [9.17, 15) is 9.59 Å². The zero-order valence-corrected chi connectivity index (χ0v) is 28.8. The first kappa shape index (κ1) is 33.8. The van der Waals surface area contributed by atoms with Gasteiger partial charge in [0, 0.05) is 19.0 Å². The number of benzene rings is 2. The second-order valence-electron chi connectivity index (χ2n) is 14.1. The summed E-state index contributed by atoms with van der Waals surface area (Å²) in [5.74, 6) is -0.562. The van der Waals surface area contributed by atoms with E-state index in [1.807, 2.05) is 38.1 Å². The molecule has 0 bridgehead atoms. The third-order valence-corrected chi connectivity index (χ3v) is 8.87. The summed E-state index contributed by atoms with van der Waals surface area (Å²) in [6.07, 6.45) is 0.870. The lowest BCUT2D eigenvalue weighted by Crippen LogP contribution is -2.38. The van der Waals surface area contributed by atoms with Crippen molar-refractivity contribution in [3.05, 3.63) is 72.3 Å². The number of nitrogens with one attached hydrogen (secondary N) is 3. The van der Waals surface area contributed by atoms with Gasteiger partial charge in [0.05, 0.1) is 6.33 Å². The molecule has 2 fully saturated rings. The number of amides is 2. The van der Waals surface area contributed by atoms with Crippen molar-refractivity contribution in [2.45, 2.75) is 82.9 Å². The first-order valence-corrected chi connectivity index (χ1v) is 17.0. The molecule has 3 N–H and O–H groups in total. The van der Waals surface area contributed by atoms with Gasteiger partial charge in [-0.25, -0.2) is 24.5 Å². The molecule has 264 valence electrons. The Morgan fingerprint density at radius 1 is 0.920 bits per heavy atom. The van der Waals surface area contributed by atoms with E-state index in [2.05, 4.69) is 55.2 Å². The number of ether oxygens (including phenoxy) is 5. The zero-order valence-electron chi connectivity index (χ0n) is 28.8. The minimum Gasteiger partial charge on any atom is -0.449 e. The SMILES string of the molecule is CC(C)(C)OC(=O)Nc1ncnc2c1ncn2[C@@H]1O[C@H](CNCCCNC(=O)OCC2c3ccccc3-c3ccccc32)[C@H]2OC(C)(C)O[C@H]21. The quantitative estimate of drug-likeness (QED) is 0.190. The fourth-order valence-corrected chi connectivity index (χ4v) is 6.87. The van der Waals surface area contributed by atoms with Crippen molar-refractivity contribution in [1.29, 1.82) is 0 Å². The van der Waals surface area contributed by atoms with Gasteiger partial charge in [0.25, 0.3) is 0 Å². The van der Waals surface area contributed by atoms with Gasteiger partial charge < -0.3 is 34.3 Å². The largest absolute Gasteiger partial charge is 0.449 e. The molecule has 2 aromatic carbocycles. The highest BCUT2D eigenvalue weighted by Gasteiger charge is 2.56. The van der Waals surface area contributed by atoms with Crippen molar-refractivity contribution in [3.63, 3.8) is 0 Å². The Labute approximate surface area is 290 Å². The Morgan fingerprint density at radius 2 is 1.62 bits per heavy atom. The Morgan fingerprint density at radius 3 is 2.34 bits per heavy atom. The van der Waals surface area contributed by atoms with E-state index in [1.54, 1.807) is 31.7 Å². The summed E-state index contributed by atoms with van der Waals surface area (Å²) in [6, 6.07) is 16.5. The number of hydrogen-bond donors (Lipinski definition) is 3. The van der Waals surface area contributed by atoms with Crippen molar-refractivity contribution >= 4 is 29.2 Å². The van der Waals surface area contributed by atoms with Crippen LogP contribution in [0, 0.1) is 0 Å². The van der Waals surface area contributed by atoms with Crippen molar-refractivity contribution in [1.82, 2.24) is 30.2 Å². The number of imidazole rings is 1. The molecule has 14 heteroatoms. The molecule has 0 unspecified atom stereocenters. The van der Waals surface area contributed by atoms with Crippen LogP contribution in [0.15, 0.2) is 61.2 Å². The summed E-state index contributed by atoms with van der Waals surface area (Å²) in [5.41, 5.74) is 4.94. The van der Waals surface area contributed by atoms with Crippen molar-refractivity contribution in [2.75, 3.05) is 31.6 Å². The molecule has 50 heavy (non-hydrogen) atoms. The standard InChI is InChI=1S/C36H43N7O7/c1-35(2,3)50-34(45)42-30-27-31(40-19-39-30)43(20-41-27)32-29-28(48-36(4,5)49-29)26(47-32)17-37-15-10-16-38-33(44)46-18-25-23-13-8-6-11-21(23)22-12-7-9-14-24(22)25/h6-9,11-14,19-20,25-26,28-29,32,37H,10,15-18H2,1-5H3,(H,38,44)(H,39,40,42,45)/t26-,28-,29-,32-/m1/s1. The smallest absolute Gasteiger partial charge is 0.413 e.